The van der Waals surface area contributed by atoms with Gasteiger partial charge in [0.2, 0.25) is 11.8 Å². The first-order valence-electron chi connectivity index (χ1n) is 9.54. The van der Waals surface area contributed by atoms with Crippen LogP contribution >= 0.6 is 0 Å². The van der Waals surface area contributed by atoms with Gasteiger partial charge < -0.3 is 15.4 Å². The second-order valence-corrected chi connectivity index (χ2v) is 7.16. The highest BCUT2D eigenvalue weighted by Gasteiger charge is 2.23. The second kappa shape index (κ2) is 7.89. The molecular weight excluding hydrogens is 368 g/mol. The number of fused-ring (bicyclic) bond motifs is 1. The van der Waals surface area contributed by atoms with E-state index in [0.717, 1.165) is 24.9 Å². The van der Waals surface area contributed by atoms with Crippen LogP contribution in [0.4, 0.5) is 5.95 Å². The van der Waals surface area contributed by atoms with Crippen molar-refractivity contribution in [2.24, 2.45) is 5.73 Å². The molecule has 1 aromatic carbocycles. The molecule has 0 amide bonds. The zero-order valence-corrected chi connectivity index (χ0v) is 16.2. The largest absolute Gasteiger partial charge is 0.481 e. The molecule has 1 unspecified atom stereocenters. The van der Waals surface area contributed by atoms with E-state index in [1.54, 1.807) is 22.9 Å². The third-order valence-corrected chi connectivity index (χ3v) is 5.21. The maximum Gasteiger partial charge on any atom is 0.263 e. The normalized spacial score (nSPS) is 16.6. The molecular formula is C21H22N6O2. The second-order valence-electron chi connectivity index (χ2n) is 7.16. The minimum Gasteiger partial charge on any atom is -0.481 e. The first-order valence-corrected chi connectivity index (χ1v) is 9.54. The molecule has 0 saturated carbocycles. The van der Waals surface area contributed by atoms with Crippen LogP contribution in [0.3, 0.4) is 0 Å². The number of nitriles is 1. The van der Waals surface area contributed by atoms with E-state index in [1.807, 2.05) is 23.1 Å². The monoisotopic (exact) mass is 390 g/mol. The summed E-state index contributed by atoms with van der Waals surface area (Å²) in [6.45, 7) is 1.65. The van der Waals surface area contributed by atoms with E-state index in [1.165, 1.54) is 7.11 Å². The fourth-order valence-electron chi connectivity index (χ4n) is 3.72. The summed E-state index contributed by atoms with van der Waals surface area (Å²) < 4.78 is 6.80. The Kier molecular flexibility index (Phi) is 5.14. The third kappa shape index (κ3) is 3.65. The molecule has 0 aliphatic carbocycles. The number of hydrogen-bond donors (Lipinski definition) is 1. The number of methoxy groups -OCH3 is 1. The summed E-state index contributed by atoms with van der Waals surface area (Å²) in [5.74, 6) is 0.908. The van der Waals surface area contributed by atoms with Crippen molar-refractivity contribution in [2.45, 2.75) is 25.4 Å². The number of aromatic nitrogens is 3. The highest BCUT2D eigenvalue weighted by molar-refractivity contribution is 5.79. The van der Waals surface area contributed by atoms with Gasteiger partial charge in [0.25, 0.3) is 5.56 Å². The molecule has 1 aliphatic heterocycles. The summed E-state index contributed by atoms with van der Waals surface area (Å²) in [6, 6.07) is 11.1. The lowest BCUT2D eigenvalue weighted by atomic mass is 10.1. The highest BCUT2D eigenvalue weighted by Crippen LogP contribution is 2.22. The minimum atomic E-state index is -0.197. The van der Waals surface area contributed by atoms with Crippen LogP contribution in [0.5, 0.6) is 5.88 Å². The third-order valence-electron chi connectivity index (χ3n) is 5.21. The Morgan fingerprint density at radius 1 is 1.38 bits per heavy atom. The fraction of sp³-hybridized carbons (Fsp3) is 0.333. The maximum absolute atomic E-state index is 13.4. The van der Waals surface area contributed by atoms with Crippen LogP contribution in [0.1, 0.15) is 24.0 Å². The zero-order valence-electron chi connectivity index (χ0n) is 16.2. The maximum atomic E-state index is 13.4. The van der Waals surface area contributed by atoms with Gasteiger partial charge in [0.05, 0.1) is 42.4 Å². The summed E-state index contributed by atoms with van der Waals surface area (Å²) in [7, 11) is 1.51. The smallest absolute Gasteiger partial charge is 0.263 e. The Bertz CT molecular complexity index is 1150. The summed E-state index contributed by atoms with van der Waals surface area (Å²) in [5, 5.41) is 9.88. The number of nitrogens with zero attached hydrogens (tertiary/aromatic N) is 5. The van der Waals surface area contributed by atoms with Crippen molar-refractivity contribution in [3.63, 3.8) is 0 Å². The summed E-state index contributed by atoms with van der Waals surface area (Å²) in [5.41, 5.74) is 7.78. The Morgan fingerprint density at radius 3 is 2.97 bits per heavy atom. The van der Waals surface area contributed by atoms with Gasteiger partial charge in [0, 0.05) is 25.2 Å². The van der Waals surface area contributed by atoms with E-state index >= 15 is 0 Å². The number of rotatable bonds is 4. The molecule has 1 atom stereocenters. The van der Waals surface area contributed by atoms with Gasteiger partial charge in [-0.3, -0.25) is 9.36 Å². The molecule has 0 spiro atoms. The standard InChI is InChI=1S/C21H22N6O2/c1-29-19-9-17-18(11-24-19)25-21(26-8-4-7-16(23)13-26)27(20(17)28)12-15-6-3-2-5-14(15)10-22/h2-3,5-6,9,11,16H,4,7-8,12-13,23H2,1H3. The lowest BCUT2D eigenvalue weighted by Gasteiger charge is -2.33. The molecule has 8 heteroatoms. The van der Waals surface area contributed by atoms with E-state index in [4.69, 9.17) is 15.5 Å². The molecule has 3 heterocycles. The van der Waals surface area contributed by atoms with Gasteiger partial charge in [0.15, 0.2) is 0 Å². The predicted octanol–water partition coefficient (Wildman–Crippen LogP) is 1.65. The van der Waals surface area contributed by atoms with Gasteiger partial charge >= 0.3 is 0 Å². The van der Waals surface area contributed by atoms with Gasteiger partial charge in [0.1, 0.15) is 0 Å². The molecule has 0 radical (unpaired) electrons. The fourth-order valence-corrected chi connectivity index (χ4v) is 3.72. The molecule has 148 valence electrons. The van der Waals surface area contributed by atoms with E-state index in [-0.39, 0.29) is 18.1 Å². The average Bonchev–Trinajstić information content (AvgIpc) is 2.75. The first kappa shape index (κ1) is 18.9. The van der Waals surface area contributed by atoms with Crippen molar-refractivity contribution in [1.82, 2.24) is 14.5 Å². The molecule has 29 heavy (non-hydrogen) atoms. The van der Waals surface area contributed by atoms with Crippen molar-refractivity contribution >= 4 is 16.9 Å². The minimum absolute atomic E-state index is 0.0326. The van der Waals surface area contributed by atoms with Gasteiger partial charge in [-0.2, -0.15) is 5.26 Å². The van der Waals surface area contributed by atoms with E-state index < -0.39 is 0 Å². The first-order chi connectivity index (χ1) is 14.1. The molecule has 4 rings (SSSR count). The number of ether oxygens (including phenoxy) is 1. The molecule has 8 nitrogen and oxygen atoms in total. The molecule has 0 bridgehead atoms. The number of nitrogens with two attached hydrogens (primary N) is 1. The topological polar surface area (TPSA) is 110 Å². The summed E-state index contributed by atoms with van der Waals surface area (Å²) >= 11 is 0. The highest BCUT2D eigenvalue weighted by atomic mass is 16.5. The molecule has 1 aliphatic rings. The van der Waals surface area contributed by atoms with Crippen LogP contribution in [0.2, 0.25) is 0 Å². The Morgan fingerprint density at radius 2 is 2.21 bits per heavy atom. The molecule has 3 aromatic rings. The van der Waals surface area contributed by atoms with E-state index in [9.17, 15) is 10.1 Å². The van der Waals surface area contributed by atoms with Crippen LogP contribution in [0.15, 0.2) is 41.3 Å². The summed E-state index contributed by atoms with van der Waals surface area (Å²) in [4.78, 5) is 24.4. The van der Waals surface area contributed by atoms with Crippen molar-refractivity contribution < 1.29 is 4.74 Å². The van der Waals surface area contributed by atoms with Crippen LogP contribution < -0.4 is 20.9 Å². The van der Waals surface area contributed by atoms with Gasteiger partial charge in [-0.15, -0.1) is 0 Å². The molecule has 2 aromatic heterocycles. The predicted molar refractivity (Wildman–Crippen MR) is 110 cm³/mol. The molecule has 1 saturated heterocycles. The van der Waals surface area contributed by atoms with Crippen LogP contribution in [0.25, 0.3) is 10.9 Å². The van der Waals surface area contributed by atoms with Crippen LogP contribution in [0, 0.1) is 11.3 Å². The lowest BCUT2D eigenvalue weighted by Crippen LogP contribution is -2.45. The molecule has 1 fully saturated rings. The number of piperidine rings is 1. The number of anilines is 1. The lowest BCUT2D eigenvalue weighted by molar-refractivity contribution is 0.398. The Balaban J connectivity index is 1.91. The Hall–Kier alpha value is -3.44. The van der Waals surface area contributed by atoms with Gasteiger partial charge in [-0.25, -0.2) is 9.97 Å². The number of pyridine rings is 1. The van der Waals surface area contributed by atoms with Crippen molar-refractivity contribution in [3.8, 4) is 11.9 Å². The van der Waals surface area contributed by atoms with Crippen molar-refractivity contribution in [3.05, 3.63) is 58.0 Å². The van der Waals surface area contributed by atoms with E-state index in [2.05, 4.69) is 11.1 Å². The number of hydrogen-bond acceptors (Lipinski definition) is 7. The zero-order chi connectivity index (χ0) is 20.4. The number of benzene rings is 1. The van der Waals surface area contributed by atoms with Gasteiger partial charge in [-0.1, -0.05) is 18.2 Å². The van der Waals surface area contributed by atoms with Crippen LogP contribution in [-0.2, 0) is 6.54 Å². The Labute approximate surface area is 168 Å². The SMILES string of the molecule is COc1cc2c(=O)n(Cc3ccccc3C#N)c(N3CCCC(N)C3)nc2cn1. The van der Waals surface area contributed by atoms with Gasteiger partial charge in [-0.05, 0) is 24.5 Å². The average molecular weight is 390 g/mol. The van der Waals surface area contributed by atoms with Crippen molar-refractivity contribution in [2.75, 3.05) is 25.1 Å². The summed E-state index contributed by atoms with van der Waals surface area (Å²) in [6.07, 6.45) is 3.44. The molecule has 2 N–H and O–H groups in total. The van der Waals surface area contributed by atoms with E-state index in [0.29, 0.717) is 34.8 Å². The van der Waals surface area contributed by atoms with Crippen molar-refractivity contribution in [1.29, 1.82) is 5.26 Å². The quantitative estimate of drug-likeness (QED) is 0.721. The van der Waals surface area contributed by atoms with Crippen LogP contribution in [-0.4, -0.2) is 40.8 Å².